The first-order chi connectivity index (χ1) is 15.4. The van der Waals surface area contributed by atoms with Crippen LogP contribution in [0.15, 0.2) is 58.8 Å². The van der Waals surface area contributed by atoms with Gasteiger partial charge in [-0.05, 0) is 78.3 Å². The van der Waals surface area contributed by atoms with Gasteiger partial charge in [-0.2, -0.15) is 4.31 Å². The molecule has 3 aromatic rings. The smallest absolute Gasteiger partial charge is 0.257 e. The van der Waals surface area contributed by atoms with E-state index in [1.54, 1.807) is 16.4 Å². The minimum Gasteiger partial charge on any atom is -0.298 e. The zero-order valence-corrected chi connectivity index (χ0v) is 21.4. The summed E-state index contributed by atoms with van der Waals surface area (Å²) in [6, 6.07) is 14.2. The SMILES string of the molecule is CCC1CCCCN1S(=O)(=O)c1ccc(C(=O)Nc2nc(-c3ccc(I)cc3)cs2)cc1. The molecule has 0 aliphatic carbocycles. The van der Waals surface area contributed by atoms with Crippen molar-refractivity contribution in [2.75, 3.05) is 11.9 Å². The summed E-state index contributed by atoms with van der Waals surface area (Å²) in [5, 5.41) is 5.20. The van der Waals surface area contributed by atoms with E-state index < -0.39 is 10.0 Å². The predicted molar refractivity (Wildman–Crippen MR) is 136 cm³/mol. The molecule has 1 aliphatic rings. The number of thiazole rings is 1. The maximum atomic E-state index is 13.1. The van der Waals surface area contributed by atoms with E-state index in [1.165, 1.54) is 23.5 Å². The van der Waals surface area contributed by atoms with Gasteiger partial charge in [-0.3, -0.25) is 10.1 Å². The van der Waals surface area contributed by atoms with Gasteiger partial charge in [0.15, 0.2) is 5.13 Å². The first-order valence-corrected chi connectivity index (χ1v) is 13.9. The lowest BCUT2D eigenvalue weighted by Crippen LogP contribution is -2.43. The summed E-state index contributed by atoms with van der Waals surface area (Å²) in [6.07, 6.45) is 3.64. The first kappa shape index (κ1) is 23.3. The van der Waals surface area contributed by atoms with Crippen molar-refractivity contribution in [2.45, 2.75) is 43.5 Å². The van der Waals surface area contributed by atoms with Crippen molar-refractivity contribution in [3.05, 3.63) is 63.0 Å². The minimum absolute atomic E-state index is 0.0453. The van der Waals surface area contributed by atoms with Gasteiger partial charge in [0.2, 0.25) is 10.0 Å². The highest BCUT2D eigenvalue weighted by Gasteiger charge is 2.32. The second-order valence-corrected chi connectivity index (χ2v) is 11.7. The normalized spacial score (nSPS) is 17.2. The van der Waals surface area contributed by atoms with Crippen molar-refractivity contribution in [1.29, 1.82) is 0 Å². The number of anilines is 1. The van der Waals surface area contributed by atoms with E-state index in [0.717, 1.165) is 40.5 Å². The third kappa shape index (κ3) is 5.05. The van der Waals surface area contributed by atoms with Crippen LogP contribution in [0, 0.1) is 3.57 Å². The predicted octanol–water partition coefficient (Wildman–Crippen LogP) is 5.62. The van der Waals surface area contributed by atoms with E-state index in [4.69, 9.17) is 0 Å². The highest BCUT2D eigenvalue weighted by molar-refractivity contribution is 14.1. The zero-order valence-electron chi connectivity index (χ0n) is 17.6. The molecule has 1 aromatic heterocycles. The number of halogens is 1. The van der Waals surface area contributed by atoms with Crippen LogP contribution >= 0.6 is 33.9 Å². The van der Waals surface area contributed by atoms with Gasteiger partial charge in [-0.15, -0.1) is 11.3 Å². The molecule has 1 amide bonds. The molecule has 0 spiro atoms. The standard InChI is InChI=1S/C23H24IN3O3S2/c1-2-19-5-3-4-14-27(19)32(29,30)20-12-8-17(9-13-20)22(28)26-23-25-21(15-31-23)16-6-10-18(24)11-7-16/h6-13,15,19H,2-5,14H2,1H3,(H,25,26,28). The third-order valence-corrected chi connectivity index (χ3v) is 9.08. The fourth-order valence-electron chi connectivity index (χ4n) is 3.87. The van der Waals surface area contributed by atoms with Crippen molar-refractivity contribution in [3.8, 4) is 11.3 Å². The number of nitrogens with one attached hydrogen (secondary N) is 1. The molecule has 0 saturated carbocycles. The Morgan fingerprint density at radius 3 is 2.56 bits per heavy atom. The van der Waals surface area contributed by atoms with E-state index in [2.05, 4.69) is 32.9 Å². The molecule has 1 aliphatic heterocycles. The zero-order chi connectivity index (χ0) is 22.7. The summed E-state index contributed by atoms with van der Waals surface area (Å²) < 4.78 is 29.0. The van der Waals surface area contributed by atoms with Crippen LogP contribution in [0.5, 0.6) is 0 Å². The van der Waals surface area contributed by atoms with Gasteiger partial charge < -0.3 is 0 Å². The molecule has 168 valence electrons. The summed E-state index contributed by atoms with van der Waals surface area (Å²) in [6.45, 7) is 2.57. The van der Waals surface area contributed by atoms with Crippen molar-refractivity contribution in [2.24, 2.45) is 0 Å². The Bertz CT molecular complexity index is 1190. The highest BCUT2D eigenvalue weighted by Crippen LogP contribution is 2.28. The monoisotopic (exact) mass is 581 g/mol. The van der Waals surface area contributed by atoms with Crippen molar-refractivity contribution in [3.63, 3.8) is 0 Å². The van der Waals surface area contributed by atoms with Crippen molar-refractivity contribution >= 4 is 55.0 Å². The van der Waals surface area contributed by atoms with Gasteiger partial charge >= 0.3 is 0 Å². The quantitative estimate of drug-likeness (QED) is 0.384. The largest absolute Gasteiger partial charge is 0.298 e. The number of aromatic nitrogens is 1. The lowest BCUT2D eigenvalue weighted by molar-refractivity contribution is 0.102. The lowest BCUT2D eigenvalue weighted by atomic mass is 10.0. The molecule has 6 nitrogen and oxygen atoms in total. The molecule has 2 heterocycles. The molecular formula is C23H24IN3O3S2. The number of carbonyl (C=O) groups is 1. The number of hydrogen-bond donors (Lipinski definition) is 1. The molecule has 2 aromatic carbocycles. The van der Waals surface area contributed by atoms with Crippen LogP contribution in [-0.2, 0) is 10.0 Å². The molecular weight excluding hydrogens is 557 g/mol. The number of carbonyl (C=O) groups excluding carboxylic acids is 1. The average molecular weight is 582 g/mol. The fourth-order valence-corrected chi connectivity index (χ4v) is 6.71. The number of benzene rings is 2. The van der Waals surface area contributed by atoms with E-state index in [0.29, 0.717) is 17.2 Å². The molecule has 4 rings (SSSR count). The lowest BCUT2D eigenvalue weighted by Gasteiger charge is -2.34. The summed E-state index contributed by atoms with van der Waals surface area (Å²) >= 11 is 3.60. The van der Waals surface area contributed by atoms with Crippen LogP contribution in [-0.4, -0.2) is 36.2 Å². The molecule has 1 fully saturated rings. The van der Waals surface area contributed by atoms with Gasteiger partial charge in [0.25, 0.3) is 5.91 Å². The van der Waals surface area contributed by atoms with Gasteiger partial charge in [0, 0.05) is 32.7 Å². The third-order valence-electron chi connectivity index (χ3n) is 5.63. The van der Waals surface area contributed by atoms with Crippen LogP contribution in [0.2, 0.25) is 0 Å². The number of piperidine rings is 1. The summed E-state index contributed by atoms with van der Waals surface area (Å²) in [5.41, 5.74) is 2.18. The fraction of sp³-hybridized carbons (Fsp3) is 0.304. The topological polar surface area (TPSA) is 79.4 Å². The number of sulfonamides is 1. The maximum absolute atomic E-state index is 13.1. The van der Waals surface area contributed by atoms with E-state index in [9.17, 15) is 13.2 Å². The maximum Gasteiger partial charge on any atom is 0.257 e. The van der Waals surface area contributed by atoms with Crippen molar-refractivity contribution < 1.29 is 13.2 Å². The molecule has 1 N–H and O–H groups in total. The highest BCUT2D eigenvalue weighted by atomic mass is 127. The first-order valence-electron chi connectivity index (χ1n) is 10.5. The molecule has 1 saturated heterocycles. The number of rotatable bonds is 6. The molecule has 0 radical (unpaired) electrons. The number of nitrogens with zero attached hydrogens (tertiary/aromatic N) is 2. The Kier molecular flexibility index (Phi) is 7.28. The number of amides is 1. The van der Waals surface area contributed by atoms with Gasteiger partial charge in [-0.25, -0.2) is 13.4 Å². The van der Waals surface area contributed by atoms with Crippen LogP contribution in [0.25, 0.3) is 11.3 Å². The Morgan fingerprint density at radius 1 is 1.16 bits per heavy atom. The van der Waals surface area contributed by atoms with Gasteiger partial charge in [-0.1, -0.05) is 25.5 Å². The van der Waals surface area contributed by atoms with Gasteiger partial charge in [0.05, 0.1) is 10.6 Å². The molecule has 1 atom stereocenters. The van der Waals surface area contributed by atoms with E-state index in [1.807, 2.05) is 36.6 Å². The molecule has 32 heavy (non-hydrogen) atoms. The second-order valence-electron chi connectivity index (χ2n) is 7.70. The molecule has 1 unspecified atom stereocenters. The van der Waals surface area contributed by atoms with Crippen molar-refractivity contribution in [1.82, 2.24) is 9.29 Å². The Morgan fingerprint density at radius 2 is 1.88 bits per heavy atom. The van der Waals surface area contributed by atoms with Crippen LogP contribution in [0.1, 0.15) is 43.0 Å². The van der Waals surface area contributed by atoms with Crippen LogP contribution < -0.4 is 5.32 Å². The van der Waals surface area contributed by atoms with E-state index >= 15 is 0 Å². The average Bonchev–Trinajstić information content (AvgIpc) is 3.28. The Labute approximate surface area is 206 Å². The minimum atomic E-state index is -3.56. The summed E-state index contributed by atoms with van der Waals surface area (Å²) in [7, 11) is -3.56. The summed E-state index contributed by atoms with van der Waals surface area (Å²) in [4.78, 5) is 17.4. The Balaban J connectivity index is 1.46. The molecule has 9 heteroatoms. The van der Waals surface area contributed by atoms with Gasteiger partial charge in [0.1, 0.15) is 0 Å². The molecule has 0 bridgehead atoms. The van der Waals surface area contributed by atoms with Crippen LogP contribution in [0.3, 0.4) is 0 Å². The van der Waals surface area contributed by atoms with Crippen LogP contribution in [0.4, 0.5) is 5.13 Å². The number of hydrogen-bond acceptors (Lipinski definition) is 5. The summed E-state index contributed by atoms with van der Waals surface area (Å²) in [5.74, 6) is -0.318. The second kappa shape index (κ2) is 9.98. The van der Waals surface area contributed by atoms with E-state index in [-0.39, 0.29) is 16.8 Å². The Hall–Kier alpha value is -1.82.